The van der Waals surface area contributed by atoms with Gasteiger partial charge in [-0.05, 0) is 80.5 Å². The number of hydrogen-bond donors (Lipinski definition) is 1. The Kier molecular flexibility index (Phi) is 4.10. The van der Waals surface area contributed by atoms with Crippen molar-refractivity contribution in [2.45, 2.75) is 71.3 Å². The molecule has 0 bridgehead atoms. The van der Waals surface area contributed by atoms with Crippen molar-refractivity contribution in [1.29, 1.82) is 0 Å². The van der Waals surface area contributed by atoms with Crippen LogP contribution in [0.5, 0.6) is 0 Å². The second kappa shape index (κ2) is 5.84. The molecular formula is C22H35NO2. The van der Waals surface area contributed by atoms with Gasteiger partial charge in [0.25, 0.3) is 0 Å². The second-order valence-electron chi connectivity index (χ2n) is 10.2. The largest absolute Gasteiger partial charge is 0.393 e. The molecule has 4 aliphatic rings. The van der Waals surface area contributed by atoms with Crippen LogP contribution in [0.1, 0.15) is 65.2 Å². The molecule has 4 rings (SSSR count). The Hall–Kier alpha value is -0.830. The number of Topliss-reactive ketones (excluding diaryl/α,β-unsaturated/α-hetero) is 1. The van der Waals surface area contributed by atoms with E-state index < -0.39 is 0 Å². The lowest BCUT2D eigenvalue weighted by Gasteiger charge is -2.59. The molecule has 0 heterocycles. The second-order valence-corrected chi connectivity index (χ2v) is 10.2. The van der Waals surface area contributed by atoms with Crippen molar-refractivity contribution in [1.82, 2.24) is 4.90 Å². The number of nitrogens with zero attached hydrogens (tertiary/aromatic N) is 1. The Morgan fingerprint density at radius 3 is 2.56 bits per heavy atom. The van der Waals surface area contributed by atoms with Gasteiger partial charge in [-0.15, -0.1) is 0 Å². The fraction of sp³-hybridized carbons (Fsp3) is 0.864. The van der Waals surface area contributed by atoms with E-state index in [0.29, 0.717) is 29.0 Å². The van der Waals surface area contributed by atoms with Crippen molar-refractivity contribution >= 4 is 5.78 Å². The summed E-state index contributed by atoms with van der Waals surface area (Å²) in [6.45, 7) is 4.77. The van der Waals surface area contributed by atoms with Crippen LogP contribution in [0.2, 0.25) is 0 Å². The van der Waals surface area contributed by atoms with E-state index in [9.17, 15) is 9.90 Å². The summed E-state index contributed by atoms with van der Waals surface area (Å²) in [7, 11) is 4.04. The van der Waals surface area contributed by atoms with Crippen LogP contribution in [0, 0.1) is 34.5 Å². The lowest BCUT2D eigenvalue weighted by molar-refractivity contribution is -0.141. The molecule has 4 fully saturated rings. The first kappa shape index (κ1) is 17.6. The van der Waals surface area contributed by atoms with E-state index in [1.165, 1.54) is 25.7 Å². The molecule has 0 aromatic rings. The van der Waals surface area contributed by atoms with Crippen LogP contribution >= 0.6 is 0 Å². The average molecular weight is 346 g/mol. The zero-order valence-electron chi connectivity index (χ0n) is 16.4. The molecule has 0 radical (unpaired) electrons. The molecular weight excluding hydrogens is 310 g/mol. The average Bonchev–Trinajstić information content (AvgIpc) is 2.79. The van der Waals surface area contributed by atoms with Gasteiger partial charge in [0.05, 0.1) is 6.10 Å². The van der Waals surface area contributed by atoms with Crippen LogP contribution in [0.4, 0.5) is 0 Å². The number of aliphatic hydroxyl groups is 1. The third-order valence-corrected chi connectivity index (χ3v) is 8.69. The van der Waals surface area contributed by atoms with Crippen molar-refractivity contribution in [3.63, 3.8) is 0 Å². The fourth-order valence-electron chi connectivity index (χ4n) is 7.33. The molecule has 1 N–H and O–H groups in total. The Bertz CT molecular complexity index is 597. The van der Waals surface area contributed by atoms with Crippen molar-refractivity contribution in [2.24, 2.45) is 34.5 Å². The number of fused-ring (bicyclic) bond motifs is 5. The summed E-state index contributed by atoms with van der Waals surface area (Å²) in [5, 5.41) is 10.1. The molecule has 0 aromatic carbocycles. The lowest BCUT2D eigenvalue weighted by Crippen LogP contribution is -2.54. The summed E-state index contributed by atoms with van der Waals surface area (Å²) in [4.78, 5) is 15.2. The van der Waals surface area contributed by atoms with Crippen LogP contribution in [-0.4, -0.2) is 36.0 Å². The topological polar surface area (TPSA) is 40.5 Å². The minimum Gasteiger partial charge on any atom is -0.393 e. The fourth-order valence-corrected chi connectivity index (χ4v) is 7.33. The molecule has 3 heteroatoms. The summed E-state index contributed by atoms with van der Waals surface area (Å²) in [5.74, 6) is 3.11. The molecule has 0 amide bonds. The van der Waals surface area contributed by atoms with E-state index in [4.69, 9.17) is 0 Å². The highest BCUT2D eigenvalue weighted by atomic mass is 16.3. The highest BCUT2D eigenvalue weighted by Gasteiger charge is 2.61. The number of ketones is 1. The van der Waals surface area contributed by atoms with Gasteiger partial charge >= 0.3 is 0 Å². The van der Waals surface area contributed by atoms with Crippen molar-refractivity contribution in [3.05, 3.63) is 11.8 Å². The molecule has 0 aliphatic heterocycles. The molecule has 4 saturated carbocycles. The minimum absolute atomic E-state index is 0.0776. The Morgan fingerprint density at radius 2 is 1.84 bits per heavy atom. The Morgan fingerprint density at radius 1 is 1.08 bits per heavy atom. The third kappa shape index (κ3) is 2.52. The first-order valence-corrected chi connectivity index (χ1v) is 10.4. The number of hydrogen-bond acceptors (Lipinski definition) is 3. The minimum atomic E-state index is -0.125. The quantitative estimate of drug-likeness (QED) is 0.730. The summed E-state index contributed by atoms with van der Waals surface area (Å²) < 4.78 is 0. The molecule has 0 unspecified atom stereocenters. The predicted octanol–water partition coefficient (Wildman–Crippen LogP) is 4.01. The first-order chi connectivity index (χ1) is 11.8. The van der Waals surface area contributed by atoms with Gasteiger partial charge in [0.1, 0.15) is 0 Å². The van der Waals surface area contributed by atoms with Crippen molar-refractivity contribution in [2.75, 3.05) is 14.1 Å². The molecule has 0 aromatic heterocycles. The number of aliphatic hydroxyl groups excluding tert-OH is 1. The molecule has 140 valence electrons. The third-order valence-electron chi connectivity index (χ3n) is 8.69. The maximum absolute atomic E-state index is 13.1. The summed E-state index contributed by atoms with van der Waals surface area (Å²) in [6.07, 6.45) is 10.9. The number of carbonyl (C=O) groups excluding carboxylic acids is 1. The number of allylic oxidation sites excluding steroid dienone is 1. The van der Waals surface area contributed by atoms with Gasteiger partial charge in [0.2, 0.25) is 0 Å². The summed E-state index contributed by atoms with van der Waals surface area (Å²) >= 11 is 0. The van der Waals surface area contributed by atoms with Gasteiger partial charge < -0.3 is 10.0 Å². The van der Waals surface area contributed by atoms with E-state index in [0.717, 1.165) is 37.2 Å². The highest BCUT2D eigenvalue weighted by Crippen LogP contribution is 2.66. The highest BCUT2D eigenvalue weighted by molar-refractivity contribution is 6.02. The molecule has 0 saturated heterocycles. The zero-order chi connectivity index (χ0) is 18.0. The summed E-state index contributed by atoms with van der Waals surface area (Å²) in [5.41, 5.74) is 1.32. The Labute approximate surface area is 152 Å². The van der Waals surface area contributed by atoms with Crippen molar-refractivity contribution in [3.8, 4) is 0 Å². The summed E-state index contributed by atoms with van der Waals surface area (Å²) in [6, 6.07) is 0. The maximum Gasteiger partial charge on any atom is 0.166 e. The normalized spacial score (nSPS) is 51.0. The van der Waals surface area contributed by atoms with Crippen LogP contribution < -0.4 is 0 Å². The van der Waals surface area contributed by atoms with E-state index in [1.807, 2.05) is 19.0 Å². The molecule has 25 heavy (non-hydrogen) atoms. The SMILES string of the molecule is CN(C)/C=C1/C[C@H]2[C@@H]3CC[C@H]4C[C@H](O)CC[C@]4(C)[C@H]3CC[C@]2(C)C1=O. The predicted molar refractivity (Wildman–Crippen MR) is 99.9 cm³/mol. The van der Waals surface area contributed by atoms with Crippen LogP contribution in [0.25, 0.3) is 0 Å². The van der Waals surface area contributed by atoms with Crippen molar-refractivity contribution < 1.29 is 9.90 Å². The molecule has 7 atom stereocenters. The Balaban J connectivity index is 1.64. The van der Waals surface area contributed by atoms with Gasteiger partial charge in [-0.25, -0.2) is 0 Å². The van der Waals surface area contributed by atoms with E-state index in [2.05, 4.69) is 20.0 Å². The smallest absolute Gasteiger partial charge is 0.166 e. The molecule has 3 nitrogen and oxygen atoms in total. The van der Waals surface area contributed by atoms with Crippen LogP contribution in [0.15, 0.2) is 11.8 Å². The monoisotopic (exact) mass is 345 g/mol. The number of rotatable bonds is 1. The van der Waals surface area contributed by atoms with E-state index in [-0.39, 0.29) is 11.5 Å². The zero-order valence-corrected chi connectivity index (χ0v) is 16.4. The van der Waals surface area contributed by atoms with Gasteiger partial charge in [0.15, 0.2) is 5.78 Å². The van der Waals surface area contributed by atoms with E-state index >= 15 is 0 Å². The molecule has 4 aliphatic carbocycles. The van der Waals surface area contributed by atoms with Crippen LogP contribution in [0.3, 0.4) is 0 Å². The van der Waals surface area contributed by atoms with E-state index in [1.54, 1.807) is 0 Å². The number of carbonyl (C=O) groups is 1. The van der Waals surface area contributed by atoms with Gasteiger partial charge in [-0.1, -0.05) is 13.8 Å². The van der Waals surface area contributed by atoms with Gasteiger partial charge in [-0.3, -0.25) is 4.79 Å². The lowest BCUT2D eigenvalue weighted by atomic mass is 9.45. The molecule has 0 spiro atoms. The van der Waals surface area contributed by atoms with Gasteiger partial charge in [0, 0.05) is 31.3 Å². The van der Waals surface area contributed by atoms with Crippen LogP contribution in [-0.2, 0) is 4.79 Å². The standard InChI is InChI=1S/C22H35NO2/c1-21-9-7-16(24)12-15(21)5-6-17-18(21)8-10-22(2)19(17)11-14(20(22)25)13-23(3)4/h13,15-19,24H,5-12H2,1-4H3/b14-13-/t15-,16+,17+,18-,19-,21-,22-/m0/s1. The maximum atomic E-state index is 13.1. The van der Waals surface area contributed by atoms with Gasteiger partial charge in [-0.2, -0.15) is 0 Å². The first-order valence-electron chi connectivity index (χ1n) is 10.4.